The van der Waals surface area contributed by atoms with E-state index in [4.69, 9.17) is 55.9 Å². The van der Waals surface area contributed by atoms with Crippen LogP contribution in [0.4, 0.5) is 0 Å². The quantitative estimate of drug-likeness (QED) is 0.564. The fraction of sp³-hybridized carbons (Fsp3) is 0.176. The Morgan fingerprint density at radius 3 is 2.13 bits per heavy atom. The average molecular weight is 390 g/mol. The van der Waals surface area contributed by atoms with Crippen LogP contribution in [0.5, 0.6) is 11.5 Å². The molecule has 1 aliphatic carbocycles. The first-order chi connectivity index (χ1) is 11.0. The van der Waals surface area contributed by atoms with Crippen LogP contribution >= 0.6 is 46.4 Å². The van der Waals surface area contributed by atoms with E-state index in [9.17, 15) is 0 Å². The predicted octanol–water partition coefficient (Wildman–Crippen LogP) is 6.41. The van der Waals surface area contributed by atoms with Crippen molar-refractivity contribution in [1.82, 2.24) is 0 Å². The minimum Gasteiger partial charge on any atom is -0.493 e. The van der Waals surface area contributed by atoms with Gasteiger partial charge in [0, 0.05) is 11.1 Å². The van der Waals surface area contributed by atoms with E-state index < -0.39 is 5.38 Å². The van der Waals surface area contributed by atoms with Crippen molar-refractivity contribution in [2.24, 2.45) is 0 Å². The molecular weight excluding hydrogens is 378 g/mol. The Kier molecular flexibility index (Phi) is 4.70. The van der Waals surface area contributed by atoms with Gasteiger partial charge in [0.2, 0.25) is 0 Å². The van der Waals surface area contributed by atoms with Gasteiger partial charge in [-0.2, -0.15) is 0 Å². The van der Waals surface area contributed by atoms with Gasteiger partial charge < -0.3 is 9.47 Å². The van der Waals surface area contributed by atoms with Crippen molar-refractivity contribution in [3.05, 3.63) is 57.1 Å². The molecule has 0 aliphatic heterocycles. The second-order valence-electron chi connectivity index (χ2n) is 5.01. The Morgan fingerprint density at radius 1 is 0.870 bits per heavy atom. The van der Waals surface area contributed by atoms with Gasteiger partial charge in [0.1, 0.15) is 0 Å². The fourth-order valence-corrected chi connectivity index (χ4v) is 3.79. The van der Waals surface area contributed by atoms with Crippen molar-refractivity contribution in [3.63, 3.8) is 0 Å². The van der Waals surface area contributed by atoms with Crippen molar-refractivity contribution < 1.29 is 9.47 Å². The monoisotopic (exact) mass is 388 g/mol. The van der Waals surface area contributed by atoms with Crippen LogP contribution in [0, 0.1) is 0 Å². The smallest absolute Gasteiger partial charge is 0.161 e. The molecule has 0 fully saturated rings. The second kappa shape index (κ2) is 6.45. The van der Waals surface area contributed by atoms with E-state index in [0.29, 0.717) is 26.6 Å². The SMILES string of the molecule is COc1cc2c(cc1OC)[C@@H](Cl)C(c1ccc(Cl)c(Cl)c1)=C2Cl. The summed E-state index contributed by atoms with van der Waals surface area (Å²) < 4.78 is 10.7. The predicted molar refractivity (Wildman–Crippen MR) is 97.3 cm³/mol. The molecule has 6 heteroatoms. The molecule has 0 saturated heterocycles. The van der Waals surface area contributed by atoms with Gasteiger partial charge in [-0.15, -0.1) is 11.6 Å². The Labute approximate surface area is 154 Å². The summed E-state index contributed by atoms with van der Waals surface area (Å²) in [6.45, 7) is 0. The lowest BCUT2D eigenvalue weighted by molar-refractivity contribution is 0.354. The maximum absolute atomic E-state index is 6.64. The van der Waals surface area contributed by atoms with E-state index in [2.05, 4.69) is 0 Å². The third kappa shape index (κ3) is 2.78. The van der Waals surface area contributed by atoms with Crippen molar-refractivity contribution in [3.8, 4) is 11.5 Å². The molecule has 0 unspecified atom stereocenters. The molecule has 0 N–H and O–H groups in total. The van der Waals surface area contributed by atoms with E-state index >= 15 is 0 Å². The number of methoxy groups -OCH3 is 2. The molecule has 120 valence electrons. The van der Waals surface area contributed by atoms with E-state index in [0.717, 1.165) is 22.3 Å². The number of benzene rings is 2. The van der Waals surface area contributed by atoms with E-state index in [1.165, 1.54) is 0 Å². The van der Waals surface area contributed by atoms with E-state index in [1.54, 1.807) is 26.4 Å². The summed E-state index contributed by atoms with van der Waals surface area (Å²) in [5, 5.41) is 1.10. The van der Waals surface area contributed by atoms with Crippen molar-refractivity contribution in [1.29, 1.82) is 0 Å². The zero-order valence-electron chi connectivity index (χ0n) is 12.3. The van der Waals surface area contributed by atoms with Gasteiger partial charge in [0.05, 0.1) is 34.7 Å². The number of hydrogen-bond donors (Lipinski definition) is 0. The van der Waals surface area contributed by atoms with Gasteiger partial charge in [0.15, 0.2) is 11.5 Å². The van der Waals surface area contributed by atoms with E-state index in [-0.39, 0.29) is 0 Å². The average Bonchev–Trinajstić information content (AvgIpc) is 2.79. The molecule has 2 nitrogen and oxygen atoms in total. The number of ether oxygens (including phenoxy) is 2. The largest absolute Gasteiger partial charge is 0.493 e. The zero-order valence-corrected chi connectivity index (χ0v) is 15.3. The molecule has 0 radical (unpaired) electrons. The highest BCUT2D eigenvalue weighted by molar-refractivity contribution is 6.56. The zero-order chi connectivity index (χ0) is 16.7. The van der Waals surface area contributed by atoms with Crippen LogP contribution in [-0.2, 0) is 0 Å². The molecule has 1 atom stereocenters. The molecule has 0 aromatic heterocycles. The van der Waals surface area contributed by atoms with E-state index in [1.807, 2.05) is 18.2 Å². The summed E-state index contributed by atoms with van der Waals surface area (Å²) >= 11 is 25.3. The van der Waals surface area contributed by atoms with Crippen LogP contribution in [0.25, 0.3) is 10.6 Å². The van der Waals surface area contributed by atoms with Crippen molar-refractivity contribution in [2.45, 2.75) is 5.38 Å². The Balaban J connectivity index is 2.16. The summed E-state index contributed by atoms with van der Waals surface area (Å²) in [6, 6.07) is 9.01. The lowest BCUT2D eigenvalue weighted by atomic mass is 10.0. The normalized spacial score (nSPS) is 16.5. The highest BCUT2D eigenvalue weighted by Crippen LogP contribution is 2.53. The number of halogens is 4. The number of alkyl halides is 1. The molecule has 0 amide bonds. The van der Waals surface area contributed by atoms with Gasteiger partial charge >= 0.3 is 0 Å². The molecular formula is C17H12Cl4O2. The standard InChI is InChI=1S/C17H12Cl4O2/c1-22-13-6-9-10(7-14(13)23-2)17(21)15(16(9)20)8-3-4-11(18)12(19)5-8/h3-7,16H,1-2H3/t16-/m1/s1. The van der Waals surface area contributed by atoms with Gasteiger partial charge in [-0.1, -0.05) is 40.9 Å². The van der Waals surface area contributed by atoms with Gasteiger partial charge in [0.25, 0.3) is 0 Å². The van der Waals surface area contributed by atoms with Crippen LogP contribution in [0.3, 0.4) is 0 Å². The minimum atomic E-state index is -0.408. The maximum Gasteiger partial charge on any atom is 0.161 e. The molecule has 3 rings (SSSR count). The summed E-state index contributed by atoms with van der Waals surface area (Å²) in [5.74, 6) is 1.21. The van der Waals surface area contributed by atoms with Gasteiger partial charge in [-0.25, -0.2) is 0 Å². The Hall–Kier alpha value is -1.06. The maximum atomic E-state index is 6.64. The summed E-state index contributed by atoms with van der Waals surface area (Å²) in [7, 11) is 3.16. The van der Waals surface area contributed by atoms with Crippen LogP contribution in [0.2, 0.25) is 10.0 Å². The molecule has 2 aromatic rings. The summed E-state index contributed by atoms with van der Waals surface area (Å²) in [5.41, 5.74) is 3.32. The minimum absolute atomic E-state index is 0.408. The topological polar surface area (TPSA) is 18.5 Å². The summed E-state index contributed by atoms with van der Waals surface area (Å²) in [4.78, 5) is 0. The van der Waals surface area contributed by atoms with Crippen LogP contribution < -0.4 is 9.47 Å². The molecule has 1 aliphatic rings. The third-order valence-electron chi connectivity index (χ3n) is 3.79. The first-order valence-electron chi connectivity index (χ1n) is 6.73. The molecule has 0 heterocycles. The van der Waals surface area contributed by atoms with Crippen LogP contribution in [0.15, 0.2) is 30.3 Å². The fourth-order valence-electron chi connectivity index (χ4n) is 2.64. The lowest BCUT2D eigenvalue weighted by Crippen LogP contribution is -1.95. The first-order valence-corrected chi connectivity index (χ1v) is 8.30. The Morgan fingerprint density at radius 2 is 1.52 bits per heavy atom. The number of hydrogen-bond acceptors (Lipinski definition) is 2. The molecule has 0 spiro atoms. The lowest BCUT2D eigenvalue weighted by Gasteiger charge is -2.13. The number of rotatable bonds is 3. The van der Waals surface area contributed by atoms with Crippen molar-refractivity contribution in [2.75, 3.05) is 14.2 Å². The van der Waals surface area contributed by atoms with Crippen molar-refractivity contribution >= 4 is 57.0 Å². The van der Waals surface area contributed by atoms with Crippen LogP contribution in [-0.4, -0.2) is 14.2 Å². The highest BCUT2D eigenvalue weighted by atomic mass is 35.5. The van der Waals surface area contributed by atoms with Gasteiger partial charge in [-0.3, -0.25) is 0 Å². The molecule has 2 aromatic carbocycles. The third-order valence-corrected chi connectivity index (χ3v) is 5.39. The van der Waals surface area contributed by atoms with Crippen LogP contribution in [0.1, 0.15) is 22.1 Å². The summed E-state index contributed by atoms with van der Waals surface area (Å²) in [6.07, 6.45) is 0. The molecule has 0 bridgehead atoms. The van der Waals surface area contributed by atoms with Gasteiger partial charge in [-0.05, 0) is 35.4 Å². The first kappa shape index (κ1) is 16.8. The number of fused-ring (bicyclic) bond motifs is 1. The molecule has 0 saturated carbocycles. The highest BCUT2D eigenvalue weighted by Gasteiger charge is 2.32. The Bertz CT molecular complexity index is 814. The second-order valence-corrected chi connectivity index (χ2v) is 6.64. The number of allylic oxidation sites excluding steroid dienone is 1. The molecule has 23 heavy (non-hydrogen) atoms.